The van der Waals surface area contributed by atoms with Gasteiger partial charge in [0.25, 0.3) is 0 Å². The van der Waals surface area contributed by atoms with Crippen molar-refractivity contribution in [1.29, 1.82) is 0 Å². The van der Waals surface area contributed by atoms with E-state index in [1.807, 2.05) is 26.0 Å². The smallest absolute Gasteiger partial charge is 0.164 e. The lowest BCUT2D eigenvalue weighted by Crippen LogP contribution is -2.24. The summed E-state index contributed by atoms with van der Waals surface area (Å²) in [6.45, 7) is 7.43. The van der Waals surface area contributed by atoms with Crippen molar-refractivity contribution >= 4 is 10.8 Å². The molecule has 21 heavy (non-hydrogen) atoms. The molecule has 0 aromatic heterocycles. The average molecular weight is 288 g/mol. The summed E-state index contributed by atoms with van der Waals surface area (Å²) in [5.74, 6) is 1.07. The highest BCUT2D eigenvalue weighted by atomic mass is 16.7. The Hall–Kier alpha value is -1.58. The first-order valence-corrected chi connectivity index (χ1v) is 7.50. The van der Waals surface area contributed by atoms with Crippen LogP contribution in [0.5, 0.6) is 5.75 Å². The Morgan fingerprint density at radius 1 is 0.905 bits per heavy atom. The van der Waals surface area contributed by atoms with Crippen LogP contribution >= 0.6 is 0 Å². The Morgan fingerprint density at radius 2 is 1.52 bits per heavy atom. The number of ether oxygens (including phenoxy) is 3. The van der Waals surface area contributed by atoms with Crippen molar-refractivity contribution < 1.29 is 14.2 Å². The van der Waals surface area contributed by atoms with Crippen molar-refractivity contribution in [2.75, 3.05) is 20.3 Å². The molecule has 2 rings (SSSR count). The molecule has 0 spiro atoms. The van der Waals surface area contributed by atoms with E-state index in [2.05, 4.69) is 31.2 Å². The predicted octanol–water partition coefficient (Wildman–Crippen LogP) is 4.35. The summed E-state index contributed by atoms with van der Waals surface area (Å²) in [5, 5.41) is 2.38. The van der Waals surface area contributed by atoms with Crippen LogP contribution in [0.3, 0.4) is 0 Å². The second kappa shape index (κ2) is 7.43. The van der Waals surface area contributed by atoms with Crippen molar-refractivity contribution in [3.8, 4) is 5.75 Å². The van der Waals surface area contributed by atoms with Gasteiger partial charge >= 0.3 is 0 Å². The van der Waals surface area contributed by atoms with E-state index in [0.29, 0.717) is 13.2 Å². The molecular formula is C18H24O3. The van der Waals surface area contributed by atoms with Crippen LogP contribution in [0, 0.1) is 0 Å². The number of fused-ring (bicyclic) bond motifs is 1. The average Bonchev–Trinajstić information content (AvgIpc) is 2.53. The van der Waals surface area contributed by atoms with Crippen LogP contribution in [0.2, 0.25) is 0 Å². The third kappa shape index (κ3) is 3.74. The third-order valence-corrected chi connectivity index (χ3v) is 3.67. The minimum absolute atomic E-state index is 0.191. The topological polar surface area (TPSA) is 27.7 Å². The van der Waals surface area contributed by atoms with Crippen LogP contribution < -0.4 is 4.74 Å². The van der Waals surface area contributed by atoms with Crippen molar-refractivity contribution in [3.05, 3.63) is 42.0 Å². The molecule has 0 amide bonds. The predicted molar refractivity (Wildman–Crippen MR) is 86.0 cm³/mol. The molecule has 0 saturated carbocycles. The lowest BCUT2D eigenvalue weighted by Gasteiger charge is -2.24. The van der Waals surface area contributed by atoms with E-state index < -0.39 is 0 Å². The third-order valence-electron chi connectivity index (χ3n) is 3.67. The molecule has 0 N–H and O–H groups in total. The van der Waals surface area contributed by atoms with Crippen LogP contribution in [-0.4, -0.2) is 26.6 Å². The van der Waals surface area contributed by atoms with Gasteiger partial charge in [0.1, 0.15) is 5.75 Å². The van der Waals surface area contributed by atoms with E-state index in [4.69, 9.17) is 14.2 Å². The summed E-state index contributed by atoms with van der Waals surface area (Å²) < 4.78 is 16.7. The minimum atomic E-state index is -0.198. The number of methoxy groups -OCH3 is 1. The molecule has 0 saturated heterocycles. The Morgan fingerprint density at radius 3 is 2.14 bits per heavy atom. The summed E-state index contributed by atoms with van der Waals surface area (Å²) in [6, 6.07) is 12.6. The first-order chi connectivity index (χ1) is 10.2. The quantitative estimate of drug-likeness (QED) is 0.709. The lowest BCUT2D eigenvalue weighted by atomic mass is 9.97. The largest absolute Gasteiger partial charge is 0.497 e. The fourth-order valence-corrected chi connectivity index (χ4v) is 2.47. The van der Waals surface area contributed by atoms with Gasteiger partial charge in [-0.05, 0) is 42.3 Å². The van der Waals surface area contributed by atoms with Crippen molar-refractivity contribution in [2.45, 2.75) is 33.0 Å². The molecule has 114 valence electrons. The van der Waals surface area contributed by atoms with Crippen molar-refractivity contribution in [1.82, 2.24) is 0 Å². The van der Waals surface area contributed by atoms with E-state index in [-0.39, 0.29) is 12.2 Å². The second-order valence-corrected chi connectivity index (χ2v) is 5.04. The molecule has 3 heteroatoms. The standard InChI is InChI=1S/C18H24O3/c1-5-20-18(21-6-2)13(3)14-7-8-16-12-17(19-4)10-9-15(16)11-14/h7-13,18H,5-6H2,1-4H3. The molecular weight excluding hydrogens is 264 g/mol. The van der Waals surface area contributed by atoms with Crippen LogP contribution in [0.15, 0.2) is 36.4 Å². The molecule has 2 aromatic carbocycles. The molecule has 1 unspecified atom stereocenters. The molecule has 3 nitrogen and oxygen atoms in total. The van der Waals surface area contributed by atoms with Gasteiger partial charge in [0.2, 0.25) is 0 Å². The highest BCUT2D eigenvalue weighted by Crippen LogP contribution is 2.28. The maximum atomic E-state index is 5.70. The van der Waals surface area contributed by atoms with E-state index in [9.17, 15) is 0 Å². The zero-order valence-electron chi connectivity index (χ0n) is 13.3. The Kier molecular flexibility index (Phi) is 5.59. The second-order valence-electron chi connectivity index (χ2n) is 5.04. The number of rotatable bonds is 7. The molecule has 0 fully saturated rings. The molecule has 0 heterocycles. The van der Waals surface area contributed by atoms with Crippen LogP contribution in [0.4, 0.5) is 0 Å². The summed E-state index contributed by atoms with van der Waals surface area (Å²) in [6.07, 6.45) is -0.198. The maximum absolute atomic E-state index is 5.70. The maximum Gasteiger partial charge on any atom is 0.164 e. The first kappa shape index (κ1) is 15.8. The molecule has 0 radical (unpaired) electrons. The van der Waals surface area contributed by atoms with Crippen LogP contribution in [-0.2, 0) is 9.47 Å². The summed E-state index contributed by atoms with van der Waals surface area (Å²) in [4.78, 5) is 0. The monoisotopic (exact) mass is 288 g/mol. The number of benzene rings is 2. The highest BCUT2D eigenvalue weighted by Gasteiger charge is 2.19. The zero-order chi connectivity index (χ0) is 15.2. The summed E-state index contributed by atoms with van der Waals surface area (Å²) in [5.41, 5.74) is 1.22. The van der Waals surface area contributed by atoms with Gasteiger partial charge < -0.3 is 14.2 Å². The SMILES string of the molecule is CCOC(OCC)C(C)c1ccc2cc(OC)ccc2c1. The van der Waals surface area contributed by atoms with Gasteiger partial charge in [-0.2, -0.15) is 0 Å². The summed E-state index contributed by atoms with van der Waals surface area (Å²) in [7, 11) is 1.69. The summed E-state index contributed by atoms with van der Waals surface area (Å²) >= 11 is 0. The zero-order valence-corrected chi connectivity index (χ0v) is 13.3. The Balaban J connectivity index is 2.28. The molecule has 0 bridgehead atoms. The molecule has 0 aliphatic carbocycles. The lowest BCUT2D eigenvalue weighted by molar-refractivity contribution is -0.147. The fourth-order valence-electron chi connectivity index (χ4n) is 2.47. The van der Waals surface area contributed by atoms with Gasteiger partial charge in [-0.15, -0.1) is 0 Å². The van der Waals surface area contributed by atoms with E-state index in [0.717, 1.165) is 5.75 Å². The van der Waals surface area contributed by atoms with Gasteiger partial charge in [0.15, 0.2) is 6.29 Å². The molecule has 0 aliphatic rings. The van der Waals surface area contributed by atoms with Gasteiger partial charge in [-0.3, -0.25) is 0 Å². The van der Waals surface area contributed by atoms with Crippen molar-refractivity contribution in [2.24, 2.45) is 0 Å². The normalized spacial score (nSPS) is 12.8. The molecule has 2 aromatic rings. The number of hydrogen-bond acceptors (Lipinski definition) is 3. The van der Waals surface area contributed by atoms with Gasteiger partial charge in [0, 0.05) is 19.1 Å². The Bertz CT molecular complexity index is 574. The molecule has 1 atom stereocenters. The fraction of sp³-hybridized carbons (Fsp3) is 0.444. The van der Waals surface area contributed by atoms with Gasteiger partial charge in [-0.25, -0.2) is 0 Å². The molecule has 0 aliphatic heterocycles. The first-order valence-electron chi connectivity index (χ1n) is 7.50. The van der Waals surface area contributed by atoms with E-state index in [1.54, 1.807) is 7.11 Å². The van der Waals surface area contributed by atoms with E-state index >= 15 is 0 Å². The Labute approximate surface area is 126 Å². The van der Waals surface area contributed by atoms with Gasteiger partial charge in [0.05, 0.1) is 7.11 Å². The highest BCUT2D eigenvalue weighted by molar-refractivity contribution is 5.84. The number of hydrogen-bond donors (Lipinski definition) is 0. The van der Waals surface area contributed by atoms with Gasteiger partial charge in [-0.1, -0.05) is 31.2 Å². The van der Waals surface area contributed by atoms with Crippen molar-refractivity contribution in [3.63, 3.8) is 0 Å². The van der Waals surface area contributed by atoms with Crippen LogP contribution in [0.1, 0.15) is 32.3 Å². The minimum Gasteiger partial charge on any atom is -0.497 e. The van der Waals surface area contributed by atoms with Crippen LogP contribution in [0.25, 0.3) is 10.8 Å². The van der Waals surface area contributed by atoms with E-state index in [1.165, 1.54) is 16.3 Å².